The maximum atomic E-state index is 6.96. The van der Waals surface area contributed by atoms with E-state index in [1.165, 1.54) is 26.8 Å². The largest absolute Gasteiger partial charge is 0.231 e. The first-order valence-corrected chi connectivity index (χ1v) is 16.2. The fourth-order valence-electron chi connectivity index (χ4n) is 4.58. The van der Waals surface area contributed by atoms with Gasteiger partial charge in [-0.15, -0.1) is 0 Å². The fraction of sp³-hybridized carbons (Fsp3) is 0.0625. The van der Waals surface area contributed by atoms with Crippen LogP contribution in [0.3, 0.4) is 0 Å². The lowest BCUT2D eigenvalue weighted by molar-refractivity contribution is 0.565. The first-order chi connectivity index (χ1) is 17.7. The van der Waals surface area contributed by atoms with Gasteiger partial charge in [0.2, 0.25) is 0 Å². The van der Waals surface area contributed by atoms with Gasteiger partial charge < -0.3 is 0 Å². The minimum Gasteiger partial charge on any atom is -0.231 e. The molecule has 0 spiro atoms. The van der Waals surface area contributed by atoms with Crippen LogP contribution in [0.2, 0.25) is 0 Å². The van der Waals surface area contributed by atoms with E-state index in [0.717, 1.165) is 0 Å². The summed E-state index contributed by atoms with van der Waals surface area (Å²) in [6, 6.07) is 54.3. The van der Waals surface area contributed by atoms with Gasteiger partial charge in [-0.2, -0.15) is 0 Å². The van der Waals surface area contributed by atoms with Gasteiger partial charge in [0.25, 0.3) is 0 Å². The lowest BCUT2D eigenvalue weighted by atomic mass is 10.1. The molecule has 0 aliphatic rings. The zero-order valence-corrected chi connectivity index (χ0v) is 22.9. The van der Waals surface area contributed by atoms with Gasteiger partial charge in [0.05, 0.1) is 6.19 Å². The molecular formula is C32H29NP2S. The predicted octanol–water partition coefficient (Wildman–Crippen LogP) is 7.14. The molecule has 0 N–H and O–H groups in total. The Morgan fingerprint density at radius 3 is 1.25 bits per heavy atom. The Hall–Kier alpha value is -2.86. The highest BCUT2D eigenvalue weighted by molar-refractivity contribution is 8.22. The molecule has 0 aromatic heterocycles. The predicted molar refractivity (Wildman–Crippen MR) is 162 cm³/mol. The Balaban J connectivity index is 1.84. The molecule has 1 nitrogen and oxygen atoms in total. The first-order valence-electron chi connectivity index (χ1n) is 12.2. The van der Waals surface area contributed by atoms with E-state index in [2.05, 4.69) is 163 Å². The summed E-state index contributed by atoms with van der Waals surface area (Å²) in [6.45, 7) is 2.32. The highest BCUT2D eigenvalue weighted by Crippen LogP contribution is 2.64. The van der Waals surface area contributed by atoms with Crippen molar-refractivity contribution in [3.05, 3.63) is 157 Å². The number of benzene rings is 5. The monoisotopic (exact) mass is 521 g/mol. The van der Waals surface area contributed by atoms with Crippen LogP contribution in [-0.4, -0.2) is 4.44 Å². The van der Waals surface area contributed by atoms with Gasteiger partial charge in [0.1, 0.15) is 0 Å². The second-order valence-electron chi connectivity index (χ2n) is 8.64. The third-order valence-corrected chi connectivity index (χ3v) is 15.1. The topological polar surface area (TPSA) is 3.24 Å². The molecule has 0 saturated carbocycles. The second-order valence-corrected chi connectivity index (χ2v) is 15.2. The molecule has 0 saturated heterocycles. The highest BCUT2D eigenvalue weighted by atomic mass is 32.4. The van der Waals surface area contributed by atoms with E-state index in [9.17, 15) is 0 Å². The molecule has 0 bridgehead atoms. The summed E-state index contributed by atoms with van der Waals surface area (Å²) >= 11 is 6.96. The van der Waals surface area contributed by atoms with Crippen molar-refractivity contribution in [3.8, 4) is 0 Å². The average Bonchev–Trinajstić information content (AvgIpc) is 2.97. The third kappa shape index (κ3) is 5.01. The van der Waals surface area contributed by atoms with Crippen LogP contribution in [0.1, 0.15) is 18.5 Å². The molecule has 178 valence electrons. The molecule has 0 unspecified atom stereocenters. The van der Waals surface area contributed by atoms with Crippen LogP contribution in [0, 0.1) is 0 Å². The minimum absolute atomic E-state index is 0.101. The summed E-state index contributed by atoms with van der Waals surface area (Å²) in [5.74, 6) is 0. The van der Waals surface area contributed by atoms with E-state index in [1.54, 1.807) is 0 Å². The van der Waals surface area contributed by atoms with E-state index in [1.807, 2.05) is 0 Å². The van der Waals surface area contributed by atoms with Gasteiger partial charge in [-0.25, -0.2) is 4.44 Å². The molecule has 4 heteroatoms. The van der Waals surface area contributed by atoms with Gasteiger partial charge in [0, 0.05) is 24.7 Å². The summed E-state index contributed by atoms with van der Waals surface area (Å²) in [5, 5.41) is 5.05. The van der Waals surface area contributed by atoms with Crippen LogP contribution in [0.15, 0.2) is 152 Å². The Kier molecular flexibility index (Phi) is 7.90. The Labute approximate surface area is 221 Å². The molecule has 1 atom stereocenters. The van der Waals surface area contributed by atoms with Gasteiger partial charge >= 0.3 is 0 Å². The molecule has 5 aromatic rings. The molecule has 0 aliphatic carbocycles. The lowest BCUT2D eigenvalue weighted by Gasteiger charge is -2.45. The van der Waals surface area contributed by atoms with Crippen molar-refractivity contribution in [1.82, 2.24) is 4.44 Å². The maximum Gasteiger partial charge on any atom is 0.0754 e. The Morgan fingerprint density at radius 1 is 0.528 bits per heavy atom. The van der Waals surface area contributed by atoms with Gasteiger partial charge in [0.15, 0.2) is 0 Å². The van der Waals surface area contributed by atoms with Crippen molar-refractivity contribution in [2.45, 2.75) is 13.0 Å². The maximum absolute atomic E-state index is 6.96. The van der Waals surface area contributed by atoms with Crippen LogP contribution >= 0.6 is 14.3 Å². The summed E-state index contributed by atoms with van der Waals surface area (Å²) in [5.41, 5.74) is 1.28. The first kappa shape index (κ1) is 24.8. The van der Waals surface area contributed by atoms with Gasteiger partial charge in [-0.1, -0.05) is 163 Å². The van der Waals surface area contributed by atoms with Crippen LogP contribution in [0.5, 0.6) is 0 Å². The third-order valence-electron chi connectivity index (χ3n) is 6.34. The van der Waals surface area contributed by atoms with E-state index in [4.69, 9.17) is 11.8 Å². The Morgan fingerprint density at radius 2 is 0.861 bits per heavy atom. The van der Waals surface area contributed by atoms with Gasteiger partial charge in [-0.05, 0) is 23.1 Å². The summed E-state index contributed by atoms with van der Waals surface area (Å²) < 4.78 is 2.70. The standard InChI is InChI=1S/C32H29NP2S/c1-27(28-17-7-2-8-18-28)33(34(29-19-9-3-10-20-29)30-21-11-4-12-22-30)35(36,31-23-13-5-14-24-31)32-25-15-6-16-26-32/h2-27H,1H3/t27-/m0/s1. The molecule has 0 heterocycles. The normalized spacial score (nSPS) is 12.5. The highest BCUT2D eigenvalue weighted by Gasteiger charge is 2.40. The molecule has 0 aliphatic heterocycles. The molecule has 36 heavy (non-hydrogen) atoms. The SMILES string of the molecule is C[C@@H](c1ccccc1)N(P(c1ccccc1)c1ccccc1)P(=S)(c1ccccc1)c1ccccc1. The summed E-state index contributed by atoms with van der Waals surface area (Å²) in [6.07, 6.45) is -2.45. The number of nitrogens with zero attached hydrogens (tertiary/aromatic N) is 1. The van der Waals surface area contributed by atoms with E-state index >= 15 is 0 Å². The van der Waals surface area contributed by atoms with Gasteiger partial charge in [-0.3, -0.25) is 0 Å². The molecule has 0 amide bonds. The van der Waals surface area contributed by atoms with E-state index < -0.39 is 14.3 Å². The molecule has 0 radical (unpaired) electrons. The number of rotatable bonds is 8. The van der Waals surface area contributed by atoms with Crippen LogP contribution in [-0.2, 0) is 11.8 Å². The average molecular weight is 522 g/mol. The van der Waals surface area contributed by atoms with E-state index in [0.29, 0.717) is 0 Å². The van der Waals surface area contributed by atoms with E-state index in [-0.39, 0.29) is 6.04 Å². The molecule has 5 rings (SSSR count). The number of hydrogen-bond acceptors (Lipinski definition) is 1. The van der Waals surface area contributed by atoms with Crippen molar-refractivity contribution >= 4 is 47.3 Å². The van der Waals surface area contributed by atoms with Crippen molar-refractivity contribution in [3.63, 3.8) is 0 Å². The second kappa shape index (κ2) is 11.5. The van der Waals surface area contributed by atoms with Crippen molar-refractivity contribution < 1.29 is 0 Å². The zero-order valence-electron chi connectivity index (χ0n) is 20.3. The smallest absolute Gasteiger partial charge is 0.0754 e. The summed E-state index contributed by atoms with van der Waals surface area (Å²) in [7, 11) is -0.934. The quantitative estimate of drug-likeness (QED) is 0.200. The molecular weight excluding hydrogens is 492 g/mol. The van der Waals surface area contributed by atoms with Crippen LogP contribution < -0.4 is 21.2 Å². The lowest BCUT2D eigenvalue weighted by Crippen LogP contribution is -2.36. The Bertz CT molecular complexity index is 1330. The van der Waals surface area contributed by atoms with Crippen LogP contribution in [0.4, 0.5) is 0 Å². The van der Waals surface area contributed by atoms with Crippen molar-refractivity contribution in [2.75, 3.05) is 0 Å². The zero-order chi connectivity index (χ0) is 24.8. The fourth-order valence-corrected chi connectivity index (χ4v) is 13.3. The molecule has 5 aromatic carbocycles. The molecule has 0 fully saturated rings. The van der Waals surface area contributed by atoms with Crippen molar-refractivity contribution in [1.29, 1.82) is 0 Å². The van der Waals surface area contributed by atoms with Crippen molar-refractivity contribution in [2.24, 2.45) is 0 Å². The van der Waals surface area contributed by atoms with Crippen LogP contribution in [0.25, 0.3) is 0 Å². The summed E-state index contributed by atoms with van der Waals surface area (Å²) in [4.78, 5) is 0. The minimum atomic E-state index is -2.45. The number of hydrogen-bond donors (Lipinski definition) is 0.